The van der Waals surface area contributed by atoms with E-state index < -0.39 is 0 Å². The molecule has 1 aliphatic rings. The first-order valence-electron chi connectivity index (χ1n) is 12.4. The summed E-state index contributed by atoms with van der Waals surface area (Å²) in [5.41, 5.74) is 6.73. The van der Waals surface area contributed by atoms with Gasteiger partial charge >= 0.3 is 0 Å². The third-order valence-corrected chi connectivity index (χ3v) is 6.86. The summed E-state index contributed by atoms with van der Waals surface area (Å²) in [7, 11) is 0. The summed E-state index contributed by atoms with van der Waals surface area (Å²) < 4.78 is 2.08. The van der Waals surface area contributed by atoms with Gasteiger partial charge in [0.1, 0.15) is 11.3 Å². The van der Waals surface area contributed by atoms with Crippen molar-refractivity contribution in [3.8, 4) is 23.6 Å². The lowest BCUT2D eigenvalue weighted by Crippen LogP contribution is -2.22. The van der Waals surface area contributed by atoms with Gasteiger partial charge in [-0.1, -0.05) is 34.6 Å². The van der Waals surface area contributed by atoms with E-state index in [1.165, 1.54) is 0 Å². The summed E-state index contributed by atoms with van der Waals surface area (Å²) in [5.74, 6) is 4.53. The lowest BCUT2D eigenvalue weighted by Gasteiger charge is -2.22. The molecule has 0 amide bonds. The Hall–Kier alpha value is -2.94. The van der Waals surface area contributed by atoms with Crippen LogP contribution >= 0.6 is 0 Å². The van der Waals surface area contributed by atoms with Crippen molar-refractivity contribution in [3.05, 3.63) is 29.2 Å². The number of aryl methyl sites for hydroxylation is 2. The van der Waals surface area contributed by atoms with Gasteiger partial charge in [0.2, 0.25) is 0 Å². The second-order valence-electron chi connectivity index (χ2n) is 9.41. The first-order chi connectivity index (χ1) is 15.9. The highest BCUT2D eigenvalue weighted by molar-refractivity contribution is 5.82. The molecule has 1 unspecified atom stereocenters. The average molecular weight is 445 g/mol. The van der Waals surface area contributed by atoms with Crippen LogP contribution in [0.5, 0.6) is 0 Å². The fraction of sp³-hybridized carbons (Fsp3) is 0.556. The van der Waals surface area contributed by atoms with Crippen LogP contribution in [0, 0.1) is 25.2 Å². The molecule has 1 aliphatic heterocycles. The summed E-state index contributed by atoms with van der Waals surface area (Å²) in [6.45, 7) is 14.7. The SMILES string of the molecule is C#CC1CCN(c2nc(C(C)C)ccc2-c2nc3c(C)nn(C(CC)CC)c3nc2CC)C1. The molecule has 6 nitrogen and oxygen atoms in total. The Kier molecular flexibility index (Phi) is 6.69. The van der Waals surface area contributed by atoms with Gasteiger partial charge in [0, 0.05) is 30.3 Å². The topological polar surface area (TPSA) is 59.7 Å². The molecule has 1 atom stereocenters. The van der Waals surface area contributed by atoms with Crippen molar-refractivity contribution in [2.45, 2.75) is 79.2 Å². The van der Waals surface area contributed by atoms with Crippen LogP contribution in [-0.4, -0.2) is 37.8 Å². The summed E-state index contributed by atoms with van der Waals surface area (Å²) in [6.07, 6.45) is 9.58. The second kappa shape index (κ2) is 9.51. The standard InChI is InChI=1S/C27H36N6/c1-8-19-14-15-32(16-19)26-21(12-13-23(29-26)17(5)6)25-22(11-4)28-27-24(30-25)18(7)31-33(27)20(9-2)10-3/h1,12-13,17,19-20H,9-11,14-16H2,2-7H3. The normalized spacial score (nSPS) is 16.3. The molecule has 3 aromatic rings. The molecule has 0 bridgehead atoms. The Labute approximate surface area is 197 Å². The van der Waals surface area contributed by atoms with Gasteiger partial charge in [-0.05, 0) is 50.7 Å². The van der Waals surface area contributed by atoms with Gasteiger partial charge in [-0.15, -0.1) is 12.3 Å². The highest BCUT2D eigenvalue weighted by atomic mass is 15.3. The molecule has 0 N–H and O–H groups in total. The van der Waals surface area contributed by atoms with Crippen LogP contribution in [0.3, 0.4) is 0 Å². The number of pyridine rings is 1. The Bertz CT molecular complexity index is 1180. The van der Waals surface area contributed by atoms with Crippen molar-refractivity contribution in [2.24, 2.45) is 5.92 Å². The van der Waals surface area contributed by atoms with Crippen LogP contribution < -0.4 is 4.90 Å². The van der Waals surface area contributed by atoms with Gasteiger partial charge in [-0.3, -0.25) is 0 Å². The van der Waals surface area contributed by atoms with Crippen molar-refractivity contribution in [1.29, 1.82) is 0 Å². The minimum absolute atomic E-state index is 0.266. The van der Waals surface area contributed by atoms with Crippen molar-refractivity contribution >= 4 is 17.0 Å². The molecular formula is C27H36N6. The number of aromatic nitrogens is 5. The number of hydrogen-bond donors (Lipinski definition) is 0. The Morgan fingerprint density at radius 1 is 1.12 bits per heavy atom. The third-order valence-electron chi connectivity index (χ3n) is 6.86. The number of anilines is 1. The van der Waals surface area contributed by atoms with Gasteiger partial charge < -0.3 is 4.90 Å². The molecule has 174 valence electrons. The van der Waals surface area contributed by atoms with Crippen molar-refractivity contribution in [1.82, 2.24) is 24.7 Å². The predicted molar refractivity (Wildman–Crippen MR) is 136 cm³/mol. The molecule has 1 saturated heterocycles. The number of fused-ring (bicyclic) bond motifs is 1. The van der Waals surface area contributed by atoms with E-state index in [-0.39, 0.29) is 5.92 Å². The number of terminal acetylenes is 1. The summed E-state index contributed by atoms with van der Waals surface area (Å²) in [4.78, 5) is 17.7. The fourth-order valence-electron chi connectivity index (χ4n) is 4.77. The zero-order valence-electron chi connectivity index (χ0n) is 20.9. The van der Waals surface area contributed by atoms with E-state index in [9.17, 15) is 0 Å². The van der Waals surface area contributed by atoms with Crippen molar-refractivity contribution < 1.29 is 0 Å². The fourth-order valence-corrected chi connectivity index (χ4v) is 4.77. The minimum atomic E-state index is 0.266. The largest absolute Gasteiger partial charge is 0.355 e. The van der Waals surface area contributed by atoms with E-state index >= 15 is 0 Å². The van der Waals surface area contributed by atoms with Crippen LogP contribution in [0.25, 0.3) is 22.4 Å². The Morgan fingerprint density at radius 3 is 2.48 bits per heavy atom. The van der Waals surface area contributed by atoms with Gasteiger partial charge in [-0.25, -0.2) is 19.6 Å². The van der Waals surface area contributed by atoms with Crippen LogP contribution in [0.4, 0.5) is 5.82 Å². The zero-order valence-corrected chi connectivity index (χ0v) is 20.9. The van der Waals surface area contributed by atoms with Gasteiger partial charge in [0.05, 0.1) is 23.1 Å². The van der Waals surface area contributed by atoms with Crippen LogP contribution in [0.2, 0.25) is 0 Å². The molecule has 3 aromatic heterocycles. The summed E-state index contributed by atoms with van der Waals surface area (Å²) in [6, 6.07) is 4.64. The highest BCUT2D eigenvalue weighted by Gasteiger charge is 2.27. The molecule has 0 saturated carbocycles. The smallest absolute Gasteiger partial charge is 0.177 e. The molecule has 1 fully saturated rings. The Morgan fingerprint density at radius 2 is 1.88 bits per heavy atom. The van der Waals surface area contributed by atoms with Crippen LogP contribution in [0.1, 0.15) is 82.9 Å². The van der Waals surface area contributed by atoms with E-state index in [0.717, 1.165) is 84.1 Å². The van der Waals surface area contributed by atoms with Gasteiger partial charge in [0.15, 0.2) is 5.65 Å². The maximum absolute atomic E-state index is 5.75. The average Bonchev–Trinajstić information content (AvgIpc) is 3.43. The van der Waals surface area contributed by atoms with Crippen molar-refractivity contribution in [2.75, 3.05) is 18.0 Å². The van der Waals surface area contributed by atoms with E-state index in [0.29, 0.717) is 12.0 Å². The number of nitrogens with zero attached hydrogens (tertiary/aromatic N) is 6. The van der Waals surface area contributed by atoms with Crippen LogP contribution in [-0.2, 0) is 6.42 Å². The molecule has 4 heterocycles. The molecular weight excluding hydrogens is 408 g/mol. The van der Waals surface area contributed by atoms with Crippen molar-refractivity contribution in [3.63, 3.8) is 0 Å². The quantitative estimate of drug-likeness (QED) is 0.437. The first kappa shape index (κ1) is 23.2. The number of rotatable bonds is 7. The van der Waals surface area contributed by atoms with Gasteiger partial charge in [-0.2, -0.15) is 5.10 Å². The maximum atomic E-state index is 5.75. The summed E-state index contributed by atoms with van der Waals surface area (Å²) in [5, 5.41) is 4.84. The molecule has 0 aromatic carbocycles. The molecule has 4 rings (SSSR count). The van der Waals surface area contributed by atoms with Crippen LogP contribution in [0.15, 0.2) is 12.1 Å². The van der Waals surface area contributed by atoms with E-state index in [1.54, 1.807) is 0 Å². The maximum Gasteiger partial charge on any atom is 0.177 e. The lowest BCUT2D eigenvalue weighted by molar-refractivity contribution is 0.436. The Balaban J connectivity index is 1.91. The molecule has 33 heavy (non-hydrogen) atoms. The summed E-state index contributed by atoms with van der Waals surface area (Å²) >= 11 is 0. The lowest BCUT2D eigenvalue weighted by atomic mass is 10.0. The second-order valence-corrected chi connectivity index (χ2v) is 9.41. The monoisotopic (exact) mass is 444 g/mol. The highest BCUT2D eigenvalue weighted by Crippen LogP contribution is 2.36. The zero-order chi connectivity index (χ0) is 23.7. The van der Waals surface area contributed by atoms with E-state index in [4.69, 9.17) is 26.5 Å². The third kappa shape index (κ3) is 4.21. The van der Waals surface area contributed by atoms with E-state index in [1.807, 2.05) is 6.92 Å². The van der Waals surface area contributed by atoms with Gasteiger partial charge in [0.25, 0.3) is 0 Å². The minimum Gasteiger partial charge on any atom is -0.355 e. The molecule has 0 spiro atoms. The molecule has 0 aliphatic carbocycles. The molecule has 6 heteroatoms. The number of hydrogen-bond acceptors (Lipinski definition) is 5. The molecule has 0 radical (unpaired) electrons. The first-order valence-corrected chi connectivity index (χ1v) is 12.4. The van der Waals surface area contributed by atoms with E-state index in [2.05, 4.69) is 62.3 Å². The predicted octanol–water partition coefficient (Wildman–Crippen LogP) is 5.70.